The third kappa shape index (κ3) is 5.55. The topological polar surface area (TPSA) is 84.9 Å². The van der Waals surface area contributed by atoms with Crippen LogP contribution in [0.5, 0.6) is 17.2 Å². The average Bonchev–Trinajstić information content (AvgIpc) is 2.75. The molecular weight excluding hydrogens is 416 g/mol. The lowest BCUT2D eigenvalue weighted by atomic mass is 10.2. The van der Waals surface area contributed by atoms with Crippen LogP contribution < -0.4 is 19.1 Å². The fraction of sp³-hybridized carbons (Fsp3) is 0.174. The van der Waals surface area contributed by atoms with Gasteiger partial charge in [0, 0.05) is 6.07 Å². The molecule has 0 aromatic heterocycles. The van der Waals surface area contributed by atoms with Gasteiger partial charge in [0.05, 0.1) is 24.7 Å². The Hall–Kier alpha value is -3.52. The van der Waals surface area contributed by atoms with Gasteiger partial charge in [0.2, 0.25) is 15.9 Å². The summed E-state index contributed by atoms with van der Waals surface area (Å²) in [6, 6.07) is 21.7. The number of anilines is 2. The van der Waals surface area contributed by atoms with E-state index in [0.717, 1.165) is 10.6 Å². The molecule has 1 atom stereocenters. The van der Waals surface area contributed by atoms with Crippen LogP contribution in [0.25, 0.3) is 0 Å². The van der Waals surface area contributed by atoms with E-state index in [4.69, 9.17) is 9.47 Å². The molecule has 0 heterocycles. The summed E-state index contributed by atoms with van der Waals surface area (Å²) in [5, 5.41) is 2.78. The van der Waals surface area contributed by atoms with Gasteiger partial charge in [-0.15, -0.1) is 0 Å². The highest BCUT2D eigenvalue weighted by Gasteiger charge is 2.30. The van der Waals surface area contributed by atoms with E-state index in [1.165, 1.54) is 14.0 Å². The summed E-state index contributed by atoms with van der Waals surface area (Å²) < 4.78 is 37.2. The van der Waals surface area contributed by atoms with Crippen molar-refractivity contribution in [1.29, 1.82) is 0 Å². The van der Waals surface area contributed by atoms with Gasteiger partial charge in [-0.1, -0.05) is 36.4 Å². The van der Waals surface area contributed by atoms with E-state index in [9.17, 15) is 13.2 Å². The molecule has 0 aliphatic rings. The van der Waals surface area contributed by atoms with Crippen LogP contribution in [0.4, 0.5) is 11.4 Å². The molecule has 0 radical (unpaired) electrons. The number of methoxy groups -OCH3 is 1. The van der Waals surface area contributed by atoms with Crippen LogP contribution in [0, 0.1) is 0 Å². The number of para-hydroxylation sites is 3. The van der Waals surface area contributed by atoms with Crippen molar-refractivity contribution in [2.75, 3.05) is 23.0 Å². The Morgan fingerprint density at radius 3 is 2.26 bits per heavy atom. The summed E-state index contributed by atoms with van der Waals surface area (Å²) in [6.45, 7) is 1.52. The van der Waals surface area contributed by atoms with Crippen LogP contribution in [-0.4, -0.2) is 33.7 Å². The normalized spacial score (nSPS) is 12.0. The first-order chi connectivity index (χ1) is 14.8. The predicted octanol–water partition coefficient (Wildman–Crippen LogP) is 4.28. The summed E-state index contributed by atoms with van der Waals surface area (Å²) in [7, 11) is -2.26. The average molecular weight is 441 g/mol. The molecule has 0 aliphatic heterocycles. The van der Waals surface area contributed by atoms with Crippen LogP contribution >= 0.6 is 0 Å². The molecule has 1 unspecified atom stereocenters. The van der Waals surface area contributed by atoms with Gasteiger partial charge in [0.1, 0.15) is 17.5 Å². The fourth-order valence-electron chi connectivity index (χ4n) is 3.07. The second kappa shape index (κ2) is 9.53. The van der Waals surface area contributed by atoms with Gasteiger partial charge in [0.25, 0.3) is 0 Å². The first-order valence-electron chi connectivity index (χ1n) is 9.56. The van der Waals surface area contributed by atoms with Crippen LogP contribution in [0.2, 0.25) is 0 Å². The monoisotopic (exact) mass is 440 g/mol. The Labute approximate surface area is 182 Å². The maximum Gasteiger partial charge on any atom is 0.248 e. The predicted molar refractivity (Wildman–Crippen MR) is 121 cm³/mol. The van der Waals surface area contributed by atoms with Crippen molar-refractivity contribution in [3.05, 3.63) is 78.9 Å². The quantitative estimate of drug-likeness (QED) is 0.565. The lowest BCUT2D eigenvalue weighted by molar-refractivity contribution is -0.116. The number of ether oxygens (including phenoxy) is 2. The Kier molecular flexibility index (Phi) is 6.81. The van der Waals surface area contributed by atoms with Gasteiger partial charge in [0.15, 0.2) is 5.75 Å². The van der Waals surface area contributed by atoms with Crippen molar-refractivity contribution < 1.29 is 22.7 Å². The molecule has 8 heteroatoms. The van der Waals surface area contributed by atoms with E-state index in [2.05, 4.69) is 5.32 Å². The maximum absolute atomic E-state index is 13.0. The Morgan fingerprint density at radius 1 is 0.935 bits per heavy atom. The lowest BCUT2D eigenvalue weighted by Crippen LogP contribution is -2.45. The van der Waals surface area contributed by atoms with Gasteiger partial charge >= 0.3 is 0 Å². The standard InChI is InChI=1S/C23H24N2O5S/c1-17(25(31(3,27)28)18-10-9-13-20(16-18)29-2)23(26)24-21-14-7-8-15-22(21)30-19-11-5-4-6-12-19/h4-17H,1-3H3,(H,24,26). The highest BCUT2D eigenvalue weighted by Crippen LogP contribution is 2.30. The SMILES string of the molecule is COc1cccc(N(C(C)C(=O)Nc2ccccc2Oc2ccccc2)S(C)(=O)=O)c1. The van der Waals surface area contributed by atoms with Crippen molar-refractivity contribution in [2.24, 2.45) is 0 Å². The number of hydrogen-bond donors (Lipinski definition) is 1. The zero-order valence-corrected chi connectivity index (χ0v) is 18.3. The number of nitrogens with zero attached hydrogens (tertiary/aromatic N) is 1. The van der Waals surface area contributed by atoms with E-state index in [-0.39, 0.29) is 0 Å². The lowest BCUT2D eigenvalue weighted by Gasteiger charge is -2.28. The number of nitrogens with one attached hydrogen (secondary N) is 1. The molecule has 0 saturated heterocycles. The number of hydrogen-bond acceptors (Lipinski definition) is 5. The zero-order chi connectivity index (χ0) is 22.4. The molecule has 0 bridgehead atoms. The first-order valence-corrected chi connectivity index (χ1v) is 11.4. The van der Waals surface area contributed by atoms with E-state index >= 15 is 0 Å². The third-order valence-electron chi connectivity index (χ3n) is 4.51. The minimum atomic E-state index is -3.75. The number of rotatable bonds is 8. The van der Waals surface area contributed by atoms with E-state index in [0.29, 0.717) is 28.6 Å². The summed E-state index contributed by atoms with van der Waals surface area (Å²) >= 11 is 0. The van der Waals surface area contributed by atoms with Crippen molar-refractivity contribution >= 4 is 27.3 Å². The second-order valence-corrected chi connectivity index (χ2v) is 8.70. The van der Waals surface area contributed by atoms with Crippen LogP contribution in [0.1, 0.15) is 6.92 Å². The molecular formula is C23H24N2O5S. The largest absolute Gasteiger partial charge is 0.497 e. The Bertz CT molecular complexity index is 1150. The Morgan fingerprint density at radius 2 is 1.58 bits per heavy atom. The van der Waals surface area contributed by atoms with Gasteiger partial charge in [-0.2, -0.15) is 0 Å². The molecule has 7 nitrogen and oxygen atoms in total. The third-order valence-corrected chi connectivity index (χ3v) is 5.75. The maximum atomic E-state index is 13.0. The molecule has 3 rings (SSSR count). The van der Waals surface area contributed by atoms with Crippen molar-refractivity contribution in [2.45, 2.75) is 13.0 Å². The molecule has 3 aromatic carbocycles. The molecule has 0 saturated carbocycles. The van der Waals surface area contributed by atoms with Crippen LogP contribution in [0.15, 0.2) is 78.9 Å². The molecule has 0 fully saturated rings. The Balaban J connectivity index is 1.86. The number of amides is 1. The molecule has 0 spiro atoms. The molecule has 0 aliphatic carbocycles. The van der Waals surface area contributed by atoms with E-state index in [1.807, 2.05) is 18.2 Å². The van der Waals surface area contributed by atoms with Crippen molar-refractivity contribution in [3.63, 3.8) is 0 Å². The van der Waals surface area contributed by atoms with Gasteiger partial charge in [-0.3, -0.25) is 9.10 Å². The highest BCUT2D eigenvalue weighted by atomic mass is 32.2. The van der Waals surface area contributed by atoms with Crippen LogP contribution in [0.3, 0.4) is 0 Å². The minimum absolute atomic E-state index is 0.332. The smallest absolute Gasteiger partial charge is 0.248 e. The minimum Gasteiger partial charge on any atom is -0.497 e. The summed E-state index contributed by atoms with van der Waals surface area (Å²) in [5.41, 5.74) is 0.764. The number of carbonyl (C=O) groups excluding carboxylic acids is 1. The molecule has 162 valence electrons. The summed E-state index contributed by atoms with van der Waals surface area (Å²) in [6.07, 6.45) is 1.06. The number of benzene rings is 3. The van der Waals surface area contributed by atoms with Crippen LogP contribution in [-0.2, 0) is 14.8 Å². The van der Waals surface area contributed by atoms with E-state index < -0.39 is 22.0 Å². The first kappa shape index (κ1) is 22.2. The van der Waals surface area contributed by atoms with Gasteiger partial charge in [-0.25, -0.2) is 8.42 Å². The zero-order valence-electron chi connectivity index (χ0n) is 17.5. The summed E-state index contributed by atoms with van der Waals surface area (Å²) in [4.78, 5) is 13.0. The molecule has 1 amide bonds. The van der Waals surface area contributed by atoms with Gasteiger partial charge < -0.3 is 14.8 Å². The molecule has 3 aromatic rings. The van der Waals surface area contributed by atoms with Crippen molar-refractivity contribution in [3.8, 4) is 17.2 Å². The van der Waals surface area contributed by atoms with Gasteiger partial charge in [-0.05, 0) is 43.3 Å². The summed E-state index contributed by atoms with van der Waals surface area (Å²) in [5.74, 6) is 1.05. The molecule has 1 N–H and O–H groups in total. The number of carbonyl (C=O) groups is 1. The highest BCUT2D eigenvalue weighted by molar-refractivity contribution is 7.92. The molecule has 31 heavy (non-hydrogen) atoms. The second-order valence-electron chi connectivity index (χ2n) is 6.84. The van der Waals surface area contributed by atoms with E-state index in [1.54, 1.807) is 60.7 Å². The number of sulfonamides is 1. The fourth-order valence-corrected chi connectivity index (χ4v) is 4.23. The van der Waals surface area contributed by atoms with Crippen molar-refractivity contribution in [1.82, 2.24) is 0 Å².